The highest BCUT2D eigenvalue weighted by Crippen LogP contribution is 2.35. The van der Waals surface area contributed by atoms with Crippen LogP contribution in [-0.4, -0.2) is 19.7 Å². The van der Waals surface area contributed by atoms with Crippen molar-refractivity contribution < 1.29 is 0 Å². The highest BCUT2D eigenvalue weighted by molar-refractivity contribution is 5.48. The summed E-state index contributed by atoms with van der Waals surface area (Å²) >= 11 is 0. The Hall–Kier alpha value is -2.42. The van der Waals surface area contributed by atoms with Gasteiger partial charge in [-0.25, -0.2) is 9.97 Å². The Morgan fingerprint density at radius 3 is 2.78 bits per heavy atom. The third-order valence-corrected chi connectivity index (χ3v) is 4.92. The summed E-state index contributed by atoms with van der Waals surface area (Å²) in [5.41, 5.74) is 2.80. The molecular weight excluding hydrogens is 288 g/mol. The molecule has 0 bridgehead atoms. The summed E-state index contributed by atoms with van der Waals surface area (Å²) in [6.07, 6.45) is 13.7. The predicted molar refractivity (Wildman–Crippen MR) is 85.8 cm³/mol. The van der Waals surface area contributed by atoms with Crippen LogP contribution in [0.15, 0.2) is 18.6 Å². The molecule has 6 heteroatoms. The van der Waals surface area contributed by atoms with Crippen molar-refractivity contribution in [3.63, 3.8) is 0 Å². The molecule has 0 radical (unpaired) electrons. The Labute approximate surface area is 135 Å². The quantitative estimate of drug-likeness (QED) is 0.942. The van der Waals surface area contributed by atoms with Gasteiger partial charge in [0, 0.05) is 18.6 Å². The molecule has 6 nitrogen and oxygen atoms in total. The van der Waals surface area contributed by atoms with Crippen molar-refractivity contribution in [2.45, 2.75) is 57.0 Å². The molecule has 1 atom stereocenters. The molecule has 1 fully saturated rings. The third-order valence-electron chi connectivity index (χ3n) is 4.92. The molecule has 1 N–H and O–H groups in total. The zero-order valence-electron chi connectivity index (χ0n) is 13.1. The van der Waals surface area contributed by atoms with E-state index in [1.807, 2.05) is 0 Å². The number of hydrogen-bond acceptors (Lipinski definition) is 5. The van der Waals surface area contributed by atoms with Gasteiger partial charge in [-0.2, -0.15) is 10.4 Å². The number of hydrogen-bond donors (Lipinski definition) is 1. The number of aryl methyl sites for hydroxylation is 1. The van der Waals surface area contributed by atoms with Gasteiger partial charge in [0.1, 0.15) is 6.07 Å². The number of anilines is 1. The zero-order chi connectivity index (χ0) is 15.6. The molecule has 0 saturated heterocycles. The fourth-order valence-corrected chi connectivity index (χ4v) is 3.75. The maximum atomic E-state index is 9.18. The zero-order valence-corrected chi connectivity index (χ0v) is 13.1. The standard InChI is InChI=1S/C17H20N6/c18-10-15-17(20-9-8-19-15)21-14-7-3-4-12-11-23(22-16(12)14)13-5-1-2-6-13/h8-9,11,13-14H,1-7H2,(H,20,21). The van der Waals surface area contributed by atoms with Crippen molar-refractivity contribution in [1.82, 2.24) is 19.7 Å². The second kappa shape index (κ2) is 5.99. The Morgan fingerprint density at radius 2 is 1.96 bits per heavy atom. The largest absolute Gasteiger partial charge is 0.359 e. The fraction of sp³-hybridized carbons (Fsp3) is 0.529. The lowest BCUT2D eigenvalue weighted by Crippen LogP contribution is -2.19. The fourth-order valence-electron chi connectivity index (χ4n) is 3.75. The summed E-state index contributed by atoms with van der Waals surface area (Å²) in [7, 11) is 0. The molecule has 0 amide bonds. The molecule has 2 aromatic heterocycles. The average Bonchev–Trinajstić information content (AvgIpc) is 3.25. The lowest BCUT2D eigenvalue weighted by Gasteiger charge is -2.22. The molecule has 0 spiro atoms. The molecule has 2 aliphatic rings. The Bertz CT molecular complexity index is 738. The minimum Gasteiger partial charge on any atom is -0.359 e. The first-order valence-corrected chi connectivity index (χ1v) is 8.40. The number of nitriles is 1. The van der Waals surface area contributed by atoms with E-state index in [0.717, 1.165) is 25.0 Å². The molecule has 0 aromatic carbocycles. The molecule has 2 heterocycles. The lowest BCUT2D eigenvalue weighted by molar-refractivity contribution is 0.459. The molecule has 1 unspecified atom stereocenters. The highest BCUT2D eigenvalue weighted by atomic mass is 15.3. The van der Waals surface area contributed by atoms with Crippen molar-refractivity contribution >= 4 is 5.82 Å². The van der Waals surface area contributed by atoms with Gasteiger partial charge in [0.2, 0.25) is 0 Å². The van der Waals surface area contributed by atoms with E-state index in [9.17, 15) is 5.26 Å². The summed E-state index contributed by atoms with van der Waals surface area (Å²) in [4.78, 5) is 8.35. The van der Waals surface area contributed by atoms with E-state index < -0.39 is 0 Å². The van der Waals surface area contributed by atoms with Crippen LogP contribution in [-0.2, 0) is 6.42 Å². The van der Waals surface area contributed by atoms with Crippen LogP contribution < -0.4 is 5.32 Å². The average molecular weight is 308 g/mol. The highest BCUT2D eigenvalue weighted by Gasteiger charge is 2.27. The van der Waals surface area contributed by atoms with Crippen molar-refractivity contribution in [3.8, 4) is 6.07 Å². The summed E-state index contributed by atoms with van der Waals surface area (Å²) in [6.45, 7) is 0. The molecule has 2 aromatic rings. The molecule has 0 aliphatic heterocycles. The summed E-state index contributed by atoms with van der Waals surface area (Å²) in [5, 5.41) is 17.5. The van der Waals surface area contributed by atoms with Crippen LogP contribution in [0.5, 0.6) is 0 Å². The van der Waals surface area contributed by atoms with Crippen LogP contribution in [0.4, 0.5) is 5.82 Å². The molecule has 118 valence electrons. The van der Waals surface area contributed by atoms with Crippen LogP contribution in [0.1, 0.15) is 67.6 Å². The van der Waals surface area contributed by atoms with E-state index >= 15 is 0 Å². The van der Waals surface area contributed by atoms with E-state index in [1.54, 1.807) is 12.4 Å². The normalized spacial score (nSPS) is 20.9. The monoisotopic (exact) mass is 308 g/mol. The van der Waals surface area contributed by atoms with Gasteiger partial charge in [0.25, 0.3) is 0 Å². The van der Waals surface area contributed by atoms with Crippen LogP contribution >= 0.6 is 0 Å². The number of fused-ring (bicyclic) bond motifs is 1. The minimum absolute atomic E-state index is 0.116. The maximum absolute atomic E-state index is 9.18. The first kappa shape index (κ1) is 14.2. The first-order chi connectivity index (χ1) is 11.3. The van der Waals surface area contributed by atoms with Gasteiger partial charge in [-0.3, -0.25) is 4.68 Å². The number of nitrogens with one attached hydrogen (secondary N) is 1. The molecule has 23 heavy (non-hydrogen) atoms. The molecule has 4 rings (SSSR count). The van der Waals surface area contributed by atoms with Crippen LogP contribution in [0.25, 0.3) is 0 Å². The molecular formula is C17H20N6. The van der Waals surface area contributed by atoms with Gasteiger partial charge in [-0.15, -0.1) is 0 Å². The Morgan fingerprint density at radius 1 is 1.13 bits per heavy atom. The second-order valence-electron chi connectivity index (χ2n) is 6.41. The third kappa shape index (κ3) is 2.67. The van der Waals surface area contributed by atoms with Gasteiger partial charge in [0.05, 0.1) is 17.8 Å². The van der Waals surface area contributed by atoms with E-state index in [4.69, 9.17) is 5.10 Å². The van der Waals surface area contributed by atoms with Crippen molar-refractivity contribution in [3.05, 3.63) is 35.5 Å². The van der Waals surface area contributed by atoms with E-state index in [2.05, 4.69) is 32.2 Å². The van der Waals surface area contributed by atoms with Crippen LogP contribution in [0, 0.1) is 11.3 Å². The molecule has 2 aliphatic carbocycles. The Kier molecular flexibility index (Phi) is 3.70. The van der Waals surface area contributed by atoms with E-state index in [0.29, 0.717) is 17.6 Å². The minimum atomic E-state index is 0.116. The van der Waals surface area contributed by atoms with Crippen molar-refractivity contribution in [2.75, 3.05) is 5.32 Å². The van der Waals surface area contributed by atoms with Gasteiger partial charge in [-0.05, 0) is 37.7 Å². The molecule has 1 saturated carbocycles. The van der Waals surface area contributed by atoms with Gasteiger partial charge < -0.3 is 5.32 Å². The van der Waals surface area contributed by atoms with Gasteiger partial charge in [-0.1, -0.05) is 12.8 Å². The topological polar surface area (TPSA) is 79.4 Å². The first-order valence-electron chi connectivity index (χ1n) is 8.40. The SMILES string of the molecule is N#Cc1nccnc1NC1CCCc2cn(C3CCCC3)nc21. The van der Waals surface area contributed by atoms with Crippen molar-refractivity contribution in [1.29, 1.82) is 5.26 Å². The summed E-state index contributed by atoms with van der Waals surface area (Å²) in [6, 6.07) is 2.78. The maximum Gasteiger partial charge on any atom is 0.182 e. The number of rotatable bonds is 3. The van der Waals surface area contributed by atoms with E-state index in [-0.39, 0.29) is 6.04 Å². The predicted octanol–water partition coefficient (Wildman–Crippen LogP) is 3.15. The number of aromatic nitrogens is 4. The van der Waals surface area contributed by atoms with Gasteiger partial charge >= 0.3 is 0 Å². The smallest absolute Gasteiger partial charge is 0.182 e. The summed E-state index contributed by atoms with van der Waals surface area (Å²) in [5.74, 6) is 0.559. The van der Waals surface area contributed by atoms with Crippen LogP contribution in [0.3, 0.4) is 0 Å². The lowest BCUT2D eigenvalue weighted by atomic mass is 9.93. The van der Waals surface area contributed by atoms with E-state index in [1.165, 1.54) is 31.2 Å². The summed E-state index contributed by atoms with van der Waals surface area (Å²) < 4.78 is 2.18. The Balaban J connectivity index is 1.61. The second-order valence-corrected chi connectivity index (χ2v) is 6.41. The van der Waals surface area contributed by atoms with Gasteiger partial charge in [0.15, 0.2) is 11.5 Å². The number of nitrogens with zero attached hydrogens (tertiary/aromatic N) is 5. The van der Waals surface area contributed by atoms with Crippen LogP contribution in [0.2, 0.25) is 0 Å². The van der Waals surface area contributed by atoms with Crippen molar-refractivity contribution in [2.24, 2.45) is 0 Å².